The largest absolute Gasteiger partial charge is 0.426 e. The number of hydrogen-bond donors (Lipinski definition) is 0. The first-order valence-electron chi connectivity index (χ1n) is 8.86. The number of hydrogen-bond acceptors (Lipinski definition) is 4. The molecule has 0 unspecified atom stereocenters. The third kappa shape index (κ3) is 5.06. The van der Waals surface area contributed by atoms with E-state index in [1.807, 2.05) is 0 Å². The van der Waals surface area contributed by atoms with Crippen molar-refractivity contribution in [1.82, 2.24) is 0 Å². The van der Waals surface area contributed by atoms with Crippen molar-refractivity contribution in [3.8, 4) is 0 Å². The fraction of sp³-hybridized carbons (Fsp3) is 1.00. The summed E-state index contributed by atoms with van der Waals surface area (Å²) in [6.07, 6.45) is -29.6. The average Bonchev–Trinajstić information content (AvgIpc) is 2.59. The molecule has 0 aromatic carbocycles. The van der Waals surface area contributed by atoms with Gasteiger partial charge in [0, 0.05) is 26.1 Å². The Balaban J connectivity index is 3.39. The molecule has 1 aliphatic rings. The van der Waals surface area contributed by atoms with Crippen molar-refractivity contribution in [1.29, 1.82) is 0 Å². The van der Waals surface area contributed by atoms with Crippen molar-refractivity contribution < 1.29 is 71.6 Å². The molecule has 32 heavy (non-hydrogen) atoms. The van der Waals surface area contributed by atoms with Crippen LogP contribution in [0.25, 0.3) is 0 Å². The summed E-state index contributed by atoms with van der Waals surface area (Å²) in [5.74, 6) is -5.04. The van der Waals surface area contributed by atoms with Crippen LogP contribution in [0.1, 0.15) is 25.7 Å². The van der Waals surface area contributed by atoms with Crippen LogP contribution in [-0.4, -0.2) is 63.7 Å². The average molecular weight is 504 g/mol. The van der Waals surface area contributed by atoms with Gasteiger partial charge in [0.1, 0.15) is 13.6 Å². The lowest BCUT2D eigenvalue weighted by atomic mass is 9.67. The van der Waals surface area contributed by atoms with E-state index in [9.17, 15) is 52.7 Å². The molecule has 0 aromatic heterocycles. The highest BCUT2D eigenvalue weighted by Crippen LogP contribution is 2.59. The number of halogens is 12. The predicted octanol–water partition coefficient (Wildman–Crippen LogP) is 5.76. The van der Waals surface area contributed by atoms with Gasteiger partial charge in [0.05, 0.1) is 0 Å². The highest BCUT2D eigenvalue weighted by Gasteiger charge is 2.78. The first-order valence-corrected chi connectivity index (χ1v) is 8.86. The Bertz CT molecular complexity index is 508. The number of ether oxygens (including phenoxy) is 4. The van der Waals surface area contributed by atoms with Crippen LogP contribution in [0.5, 0.6) is 0 Å². The summed E-state index contributed by atoms with van der Waals surface area (Å²) in [6, 6.07) is 0. The minimum Gasteiger partial charge on any atom is -0.359 e. The normalized spacial score (nSPS) is 22.3. The third-order valence-corrected chi connectivity index (χ3v) is 5.37. The zero-order valence-corrected chi connectivity index (χ0v) is 16.6. The standard InChI is InChI=1S/C16H20F12O4/c1-29-7-31-11(13(17,18)19,14(20,21)22)9-3-5-10(6-4-9)12(15(23,24)25,16(26,27)28)32-8-30-2/h9-10H,3-8H2,1-2H3. The second-order valence-corrected chi connectivity index (χ2v) is 7.11. The van der Waals surface area contributed by atoms with Gasteiger partial charge >= 0.3 is 24.7 Å². The smallest absolute Gasteiger partial charge is 0.359 e. The zero-order chi connectivity index (χ0) is 25.2. The van der Waals surface area contributed by atoms with Crippen LogP contribution in [0.3, 0.4) is 0 Å². The first-order chi connectivity index (χ1) is 14.3. The van der Waals surface area contributed by atoms with Gasteiger partial charge in [-0.2, -0.15) is 52.7 Å². The monoisotopic (exact) mass is 504 g/mol. The summed E-state index contributed by atoms with van der Waals surface area (Å²) in [5.41, 5.74) is -9.68. The first kappa shape index (κ1) is 29.0. The molecule has 192 valence electrons. The molecule has 0 amide bonds. The summed E-state index contributed by atoms with van der Waals surface area (Å²) >= 11 is 0. The van der Waals surface area contributed by atoms with Gasteiger partial charge in [-0.05, 0) is 25.7 Å². The van der Waals surface area contributed by atoms with E-state index in [1.54, 1.807) is 0 Å². The minimum atomic E-state index is -6.08. The Morgan fingerprint density at radius 3 is 0.875 bits per heavy atom. The third-order valence-electron chi connectivity index (χ3n) is 5.37. The molecule has 0 bridgehead atoms. The van der Waals surface area contributed by atoms with Crippen LogP contribution in [0.15, 0.2) is 0 Å². The lowest BCUT2D eigenvalue weighted by Crippen LogP contribution is -2.66. The van der Waals surface area contributed by atoms with Crippen molar-refractivity contribution in [3.63, 3.8) is 0 Å². The van der Waals surface area contributed by atoms with Crippen molar-refractivity contribution in [2.24, 2.45) is 11.8 Å². The Labute approximate surface area is 174 Å². The van der Waals surface area contributed by atoms with Gasteiger partial charge in [0.2, 0.25) is 0 Å². The molecule has 16 heteroatoms. The molecule has 0 saturated heterocycles. The topological polar surface area (TPSA) is 36.9 Å². The van der Waals surface area contributed by atoms with Gasteiger partial charge in [-0.25, -0.2) is 0 Å². The predicted molar refractivity (Wildman–Crippen MR) is 81.1 cm³/mol. The molecule has 0 spiro atoms. The maximum absolute atomic E-state index is 13.6. The maximum atomic E-state index is 13.6. The van der Waals surface area contributed by atoms with Gasteiger partial charge in [-0.3, -0.25) is 0 Å². The van der Waals surface area contributed by atoms with Crippen LogP contribution >= 0.6 is 0 Å². The van der Waals surface area contributed by atoms with Gasteiger partial charge in [-0.15, -0.1) is 0 Å². The highest BCUT2D eigenvalue weighted by atomic mass is 19.4. The van der Waals surface area contributed by atoms with Crippen molar-refractivity contribution in [2.45, 2.75) is 61.6 Å². The lowest BCUT2D eigenvalue weighted by Gasteiger charge is -2.48. The fourth-order valence-corrected chi connectivity index (χ4v) is 4.02. The molecule has 0 N–H and O–H groups in total. The Hall–Kier alpha value is -1.00. The van der Waals surface area contributed by atoms with E-state index in [1.165, 1.54) is 0 Å². The van der Waals surface area contributed by atoms with E-state index >= 15 is 0 Å². The van der Waals surface area contributed by atoms with E-state index in [0.717, 1.165) is 14.2 Å². The van der Waals surface area contributed by atoms with Crippen LogP contribution in [0, 0.1) is 11.8 Å². The summed E-state index contributed by atoms with van der Waals surface area (Å²) < 4.78 is 179. The van der Waals surface area contributed by atoms with Gasteiger partial charge in [0.15, 0.2) is 0 Å². The molecule has 0 aliphatic heterocycles. The molecule has 0 radical (unpaired) electrons. The number of methoxy groups -OCH3 is 2. The molecule has 1 aliphatic carbocycles. The van der Waals surface area contributed by atoms with Gasteiger partial charge < -0.3 is 18.9 Å². The van der Waals surface area contributed by atoms with E-state index < -0.39 is 87.0 Å². The van der Waals surface area contributed by atoms with Crippen LogP contribution < -0.4 is 0 Å². The molecule has 1 rings (SSSR count). The number of rotatable bonds is 8. The molecule has 0 aromatic rings. The second-order valence-electron chi connectivity index (χ2n) is 7.11. The summed E-state index contributed by atoms with van der Waals surface area (Å²) in [6.45, 7) is -2.93. The summed E-state index contributed by atoms with van der Waals surface area (Å²) in [5, 5.41) is 0. The zero-order valence-electron chi connectivity index (χ0n) is 16.6. The SMILES string of the molecule is COCOC(C1CCC(C(OCOC)(C(F)(F)F)C(F)(F)F)CC1)(C(F)(F)F)C(F)(F)F. The lowest BCUT2D eigenvalue weighted by molar-refractivity contribution is -0.421. The second kappa shape index (κ2) is 9.70. The van der Waals surface area contributed by atoms with Crippen molar-refractivity contribution >= 4 is 0 Å². The molecular weight excluding hydrogens is 484 g/mol. The van der Waals surface area contributed by atoms with E-state index in [4.69, 9.17) is 0 Å². The molecule has 0 atom stereocenters. The molecule has 4 nitrogen and oxygen atoms in total. The van der Waals surface area contributed by atoms with Crippen molar-refractivity contribution in [3.05, 3.63) is 0 Å². The Morgan fingerprint density at radius 1 is 0.500 bits per heavy atom. The van der Waals surface area contributed by atoms with Crippen LogP contribution in [0.4, 0.5) is 52.7 Å². The fourth-order valence-electron chi connectivity index (χ4n) is 4.02. The minimum absolute atomic E-state index is 0.739. The Morgan fingerprint density at radius 2 is 0.719 bits per heavy atom. The quantitative estimate of drug-likeness (QED) is 0.311. The Kier molecular flexibility index (Phi) is 8.80. The number of alkyl halides is 12. The van der Waals surface area contributed by atoms with Gasteiger partial charge in [-0.1, -0.05) is 0 Å². The molecule has 0 heterocycles. The maximum Gasteiger partial charge on any atom is 0.426 e. The van der Waals surface area contributed by atoms with E-state index in [-0.39, 0.29) is 0 Å². The van der Waals surface area contributed by atoms with E-state index in [0.29, 0.717) is 0 Å². The van der Waals surface area contributed by atoms with Crippen molar-refractivity contribution in [2.75, 3.05) is 27.8 Å². The van der Waals surface area contributed by atoms with E-state index in [2.05, 4.69) is 18.9 Å². The molecule has 1 saturated carbocycles. The van der Waals surface area contributed by atoms with Crippen LogP contribution in [-0.2, 0) is 18.9 Å². The van der Waals surface area contributed by atoms with Gasteiger partial charge in [0.25, 0.3) is 11.2 Å². The molecule has 1 fully saturated rings. The molecular formula is C16H20F12O4. The summed E-state index contributed by atoms with van der Waals surface area (Å²) in [4.78, 5) is 0. The summed E-state index contributed by atoms with van der Waals surface area (Å²) in [7, 11) is 1.48. The highest BCUT2D eigenvalue weighted by molar-refractivity contribution is 5.07. The van der Waals surface area contributed by atoms with Crippen LogP contribution in [0.2, 0.25) is 0 Å².